The molecular formula is C13H18F3N3O. The lowest BCUT2D eigenvalue weighted by Gasteiger charge is -2.17. The summed E-state index contributed by atoms with van der Waals surface area (Å²) in [5.74, 6) is -0.439. The molecule has 20 heavy (non-hydrogen) atoms. The van der Waals surface area contributed by atoms with E-state index in [-0.39, 0.29) is 11.7 Å². The summed E-state index contributed by atoms with van der Waals surface area (Å²) >= 11 is 0. The predicted octanol–water partition coefficient (Wildman–Crippen LogP) is 1.92. The summed E-state index contributed by atoms with van der Waals surface area (Å²) in [6.07, 6.45) is -0.462. The van der Waals surface area contributed by atoms with Gasteiger partial charge in [-0.2, -0.15) is 13.2 Å². The first-order valence-corrected chi connectivity index (χ1v) is 6.69. The van der Waals surface area contributed by atoms with Crippen LogP contribution < -0.4 is 10.6 Å². The van der Waals surface area contributed by atoms with E-state index in [0.29, 0.717) is 0 Å². The molecule has 1 fully saturated rings. The largest absolute Gasteiger partial charge is 0.406 e. The highest BCUT2D eigenvalue weighted by atomic mass is 19.4. The van der Waals surface area contributed by atoms with Gasteiger partial charge in [-0.1, -0.05) is 0 Å². The van der Waals surface area contributed by atoms with E-state index < -0.39 is 18.6 Å². The van der Waals surface area contributed by atoms with Crippen LogP contribution in [0.4, 0.5) is 13.2 Å². The van der Waals surface area contributed by atoms with Crippen molar-refractivity contribution >= 4 is 5.91 Å². The molecule has 1 aromatic rings. The fraction of sp³-hybridized carbons (Fsp3) is 0.615. The fourth-order valence-electron chi connectivity index (χ4n) is 2.37. The zero-order chi connectivity index (χ0) is 14.6. The van der Waals surface area contributed by atoms with Gasteiger partial charge in [0.05, 0.1) is 0 Å². The molecule has 112 valence electrons. The lowest BCUT2D eigenvalue weighted by Crippen LogP contribution is -2.37. The molecule has 0 saturated carbocycles. The smallest absolute Gasteiger partial charge is 0.348 e. The normalized spacial score (nSPS) is 20.4. The van der Waals surface area contributed by atoms with Gasteiger partial charge < -0.3 is 15.2 Å². The van der Waals surface area contributed by atoms with E-state index in [1.54, 1.807) is 0 Å². The highest BCUT2D eigenvalue weighted by molar-refractivity contribution is 5.92. The number of hydrogen-bond acceptors (Lipinski definition) is 2. The Morgan fingerprint density at radius 3 is 2.95 bits per heavy atom. The Kier molecular flexibility index (Phi) is 4.69. The number of aromatic nitrogens is 1. The van der Waals surface area contributed by atoms with Crippen molar-refractivity contribution in [3.8, 4) is 0 Å². The molecule has 0 spiro atoms. The zero-order valence-corrected chi connectivity index (χ0v) is 11.0. The summed E-state index contributed by atoms with van der Waals surface area (Å²) in [5.41, 5.74) is 0.0551. The van der Waals surface area contributed by atoms with Crippen LogP contribution in [-0.4, -0.2) is 35.8 Å². The first-order valence-electron chi connectivity index (χ1n) is 6.69. The van der Waals surface area contributed by atoms with Gasteiger partial charge in [0, 0.05) is 12.2 Å². The number of carbonyl (C=O) groups is 1. The fourth-order valence-corrected chi connectivity index (χ4v) is 2.37. The SMILES string of the molecule is O=C(NC1CCCNCC1)c1cccn1CC(F)(F)F. The molecule has 0 radical (unpaired) electrons. The Balaban J connectivity index is 2.00. The maximum absolute atomic E-state index is 12.4. The standard InChI is InChI=1S/C13H18F3N3O/c14-13(15,16)9-19-8-2-4-11(19)12(20)18-10-3-1-6-17-7-5-10/h2,4,8,10,17H,1,3,5-7,9H2,(H,18,20). The lowest BCUT2D eigenvalue weighted by molar-refractivity contribution is -0.140. The Morgan fingerprint density at radius 1 is 1.40 bits per heavy atom. The summed E-state index contributed by atoms with van der Waals surface area (Å²) in [5, 5.41) is 6.04. The molecule has 1 aromatic heterocycles. The molecule has 0 bridgehead atoms. The van der Waals surface area contributed by atoms with Gasteiger partial charge in [-0.25, -0.2) is 0 Å². The van der Waals surface area contributed by atoms with Crippen molar-refractivity contribution < 1.29 is 18.0 Å². The van der Waals surface area contributed by atoms with Crippen LogP contribution in [0.3, 0.4) is 0 Å². The molecule has 1 saturated heterocycles. The van der Waals surface area contributed by atoms with Crippen LogP contribution >= 0.6 is 0 Å². The van der Waals surface area contributed by atoms with Crippen LogP contribution in [0.15, 0.2) is 18.3 Å². The minimum Gasteiger partial charge on any atom is -0.348 e. The highest BCUT2D eigenvalue weighted by Crippen LogP contribution is 2.19. The number of amides is 1. The van der Waals surface area contributed by atoms with Crippen molar-refractivity contribution in [3.63, 3.8) is 0 Å². The number of hydrogen-bond donors (Lipinski definition) is 2. The molecular weight excluding hydrogens is 271 g/mol. The van der Waals surface area contributed by atoms with E-state index in [9.17, 15) is 18.0 Å². The maximum Gasteiger partial charge on any atom is 0.406 e. The topological polar surface area (TPSA) is 46.1 Å². The van der Waals surface area contributed by atoms with Crippen LogP contribution in [-0.2, 0) is 6.54 Å². The molecule has 1 unspecified atom stereocenters. The average Bonchev–Trinajstić information content (AvgIpc) is 2.63. The molecule has 0 aromatic carbocycles. The van der Waals surface area contributed by atoms with Gasteiger partial charge in [0.15, 0.2) is 0 Å². The summed E-state index contributed by atoms with van der Waals surface area (Å²) < 4.78 is 38.2. The number of carbonyl (C=O) groups excluding carboxylic acids is 1. The van der Waals surface area contributed by atoms with E-state index in [2.05, 4.69) is 10.6 Å². The Bertz CT molecular complexity index is 448. The molecule has 2 N–H and O–H groups in total. The van der Waals surface area contributed by atoms with Gasteiger partial charge in [0.1, 0.15) is 12.2 Å². The molecule has 1 atom stereocenters. The summed E-state index contributed by atoms with van der Waals surface area (Å²) in [4.78, 5) is 12.1. The molecule has 7 heteroatoms. The monoisotopic (exact) mass is 289 g/mol. The van der Waals surface area contributed by atoms with Gasteiger partial charge in [-0.3, -0.25) is 4.79 Å². The third-order valence-corrected chi connectivity index (χ3v) is 3.32. The van der Waals surface area contributed by atoms with Crippen molar-refractivity contribution in [2.75, 3.05) is 13.1 Å². The third-order valence-electron chi connectivity index (χ3n) is 3.32. The van der Waals surface area contributed by atoms with Crippen molar-refractivity contribution in [1.29, 1.82) is 0 Å². The average molecular weight is 289 g/mol. The first kappa shape index (κ1) is 14.9. The van der Waals surface area contributed by atoms with Crippen LogP contribution in [0.1, 0.15) is 29.8 Å². The van der Waals surface area contributed by atoms with E-state index >= 15 is 0 Å². The van der Waals surface area contributed by atoms with Crippen molar-refractivity contribution in [1.82, 2.24) is 15.2 Å². The second-order valence-corrected chi connectivity index (χ2v) is 4.99. The van der Waals surface area contributed by atoms with Gasteiger partial charge in [-0.15, -0.1) is 0 Å². The predicted molar refractivity (Wildman–Crippen MR) is 68.5 cm³/mol. The summed E-state index contributed by atoms with van der Waals surface area (Å²) in [7, 11) is 0. The Hall–Kier alpha value is -1.50. The molecule has 0 aliphatic carbocycles. The Morgan fingerprint density at radius 2 is 2.20 bits per heavy atom. The van der Waals surface area contributed by atoms with Crippen LogP contribution in [0.25, 0.3) is 0 Å². The van der Waals surface area contributed by atoms with Crippen molar-refractivity contribution in [2.45, 2.75) is 38.0 Å². The van der Waals surface area contributed by atoms with E-state index in [0.717, 1.165) is 36.9 Å². The number of nitrogens with one attached hydrogen (secondary N) is 2. The number of alkyl halides is 3. The maximum atomic E-state index is 12.4. The van der Waals surface area contributed by atoms with E-state index in [1.807, 2.05) is 0 Å². The van der Waals surface area contributed by atoms with E-state index in [4.69, 9.17) is 0 Å². The number of nitrogens with zero attached hydrogens (tertiary/aromatic N) is 1. The lowest BCUT2D eigenvalue weighted by atomic mass is 10.1. The number of rotatable bonds is 3. The second-order valence-electron chi connectivity index (χ2n) is 4.99. The summed E-state index contributed by atoms with van der Waals surface area (Å²) in [6.45, 7) is 0.584. The Labute approximate surface area is 115 Å². The van der Waals surface area contributed by atoms with Gasteiger partial charge in [-0.05, 0) is 44.5 Å². The van der Waals surface area contributed by atoms with E-state index in [1.165, 1.54) is 18.3 Å². The first-order chi connectivity index (χ1) is 9.46. The molecule has 1 amide bonds. The van der Waals surface area contributed by atoms with Crippen LogP contribution in [0.2, 0.25) is 0 Å². The zero-order valence-electron chi connectivity index (χ0n) is 11.0. The molecule has 2 rings (SSSR count). The van der Waals surface area contributed by atoms with Gasteiger partial charge >= 0.3 is 6.18 Å². The highest BCUT2D eigenvalue weighted by Gasteiger charge is 2.29. The minimum atomic E-state index is -4.33. The van der Waals surface area contributed by atoms with Crippen LogP contribution in [0.5, 0.6) is 0 Å². The minimum absolute atomic E-state index is 0.0201. The van der Waals surface area contributed by atoms with Gasteiger partial charge in [0.25, 0.3) is 5.91 Å². The van der Waals surface area contributed by atoms with Crippen molar-refractivity contribution in [2.24, 2.45) is 0 Å². The van der Waals surface area contributed by atoms with Crippen LogP contribution in [0, 0.1) is 0 Å². The molecule has 1 aliphatic rings. The molecule has 1 aliphatic heterocycles. The molecule has 2 heterocycles. The number of halogens is 3. The molecule has 4 nitrogen and oxygen atoms in total. The quantitative estimate of drug-likeness (QED) is 0.893. The van der Waals surface area contributed by atoms with Crippen molar-refractivity contribution in [3.05, 3.63) is 24.0 Å². The summed E-state index contributed by atoms with van der Waals surface area (Å²) in [6, 6.07) is 2.89. The third kappa shape index (κ3) is 4.26. The second kappa shape index (κ2) is 6.30. The van der Waals surface area contributed by atoms with Gasteiger partial charge in [0.2, 0.25) is 0 Å².